The molecule has 1 rings (SSSR count). The molecule has 62 valence electrons. The Morgan fingerprint density at radius 2 is 2.27 bits per heavy atom. The molecule has 0 saturated heterocycles. The highest BCUT2D eigenvalue weighted by Crippen LogP contribution is 2.37. The fourth-order valence-corrected chi connectivity index (χ4v) is 2.19. The number of aliphatic hydroxyl groups is 1. The Balaban J connectivity index is 2.53. The Labute approximate surface area is 72.2 Å². The number of hydrogen-bond acceptors (Lipinski definition) is 2. The summed E-state index contributed by atoms with van der Waals surface area (Å²) in [5.74, 6) is 0.797. The van der Waals surface area contributed by atoms with E-state index in [1.165, 1.54) is 16.1 Å². The van der Waals surface area contributed by atoms with E-state index < -0.39 is 0 Å². The molecule has 1 aliphatic rings. The molecule has 0 unspecified atom stereocenters. The van der Waals surface area contributed by atoms with Gasteiger partial charge in [0.25, 0.3) is 0 Å². The number of aliphatic hydroxyl groups excluding tert-OH is 1. The van der Waals surface area contributed by atoms with E-state index in [9.17, 15) is 0 Å². The number of hydrogen-bond donors (Lipinski definition) is 1. The van der Waals surface area contributed by atoms with E-state index >= 15 is 0 Å². The predicted octanol–water partition coefficient (Wildman–Crippen LogP) is 2.34. The van der Waals surface area contributed by atoms with E-state index in [-0.39, 0.29) is 6.61 Å². The molecule has 11 heavy (non-hydrogen) atoms. The molecule has 0 bridgehead atoms. The van der Waals surface area contributed by atoms with Gasteiger partial charge in [0.05, 0.1) is 6.61 Å². The van der Waals surface area contributed by atoms with E-state index in [0.717, 1.165) is 18.6 Å². The standard InChI is InChI=1S/C9H14OS/c1-7-3-4-8(2)9(7)11-6-5-10/h10H,1,3-6H2,2H3. The highest BCUT2D eigenvalue weighted by atomic mass is 32.2. The van der Waals surface area contributed by atoms with E-state index in [4.69, 9.17) is 5.11 Å². The van der Waals surface area contributed by atoms with Crippen LogP contribution in [0.3, 0.4) is 0 Å². The summed E-state index contributed by atoms with van der Waals surface area (Å²) >= 11 is 1.73. The van der Waals surface area contributed by atoms with Crippen LogP contribution >= 0.6 is 11.8 Å². The minimum absolute atomic E-state index is 0.259. The monoisotopic (exact) mass is 170 g/mol. The molecule has 0 heterocycles. The van der Waals surface area contributed by atoms with Gasteiger partial charge in [-0.25, -0.2) is 0 Å². The van der Waals surface area contributed by atoms with Gasteiger partial charge in [-0.2, -0.15) is 0 Å². The Hall–Kier alpha value is -0.210. The summed E-state index contributed by atoms with van der Waals surface area (Å²) < 4.78 is 0. The van der Waals surface area contributed by atoms with Crippen LogP contribution in [0.4, 0.5) is 0 Å². The molecule has 0 aliphatic heterocycles. The van der Waals surface area contributed by atoms with Crippen LogP contribution in [0.2, 0.25) is 0 Å². The molecule has 0 amide bonds. The van der Waals surface area contributed by atoms with Crippen molar-refractivity contribution >= 4 is 11.8 Å². The van der Waals surface area contributed by atoms with Gasteiger partial charge in [0, 0.05) is 10.7 Å². The fourth-order valence-electron chi connectivity index (χ4n) is 1.24. The highest BCUT2D eigenvalue weighted by Gasteiger charge is 2.14. The molecule has 2 heteroatoms. The van der Waals surface area contributed by atoms with E-state index in [0.29, 0.717) is 0 Å². The van der Waals surface area contributed by atoms with Crippen LogP contribution in [0.5, 0.6) is 0 Å². The van der Waals surface area contributed by atoms with Gasteiger partial charge in [0.1, 0.15) is 0 Å². The number of rotatable bonds is 3. The molecule has 0 fully saturated rings. The molecule has 0 radical (unpaired) electrons. The third-order valence-corrected chi connectivity index (χ3v) is 3.16. The zero-order valence-corrected chi connectivity index (χ0v) is 7.71. The molecule has 0 aromatic rings. The van der Waals surface area contributed by atoms with Crippen molar-refractivity contribution in [2.24, 2.45) is 0 Å². The van der Waals surface area contributed by atoms with Crippen LogP contribution in [-0.4, -0.2) is 17.5 Å². The maximum Gasteiger partial charge on any atom is 0.0525 e. The van der Waals surface area contributed by atoms with Crippen molar-refractivity contribution in [1.29, 1.82) is 0 Å². The maximum absolute atomic E-state index is 8.63. The summed E-state index contributed by atoms with van der Waals surface area (Å²) in [6.45, 7) is 6.39. The van der Waals surface area contributed by atoms with Crippen molar-refractivity contribution in [2.45, 2.75) is 19.8 Å². The lowest BCUT2D eigenvalue weighted by atomic mass is 10.2. The van der Waals surface area contributed by atoms with Crippen LogP contribution in [0, 0.1) is 0 Å². The summed E-state index contributed by atoms with van der Waals surface area (Å²) in [5, 5.41) is 8.63. The summed E-state index contributed by atoms with van der Waals surface area (Å²) in [5.41, 5.74) is 2.69. The third kappa shape index (κ3) is 2.11. The van der Waals surface area contributed by atoms with Crippen molar-refractivity contribution in [1.82, 2.24) is 0 Å². The van der Waals surface area contributed by atoms with Crippen LogP contribution < -0.4 is 0 Å². The Morgan fingerprint density at radius 3 is 2.73 bits per heavy atom. The summed E-state index contributed by atoms with van der Waals surface area (Å²) in [4.78, 5) is 1.33. The van der Waals surface area contributed by atoms with Gasteiger partial charge < -0.3 is 5.11 Å². The molecule has 1 aliphatic carbocycles. The van der Waals surface area contributed by atoms with Gasteiger partial charge in [-0.15, -0.1) is 11.8 Å². The smallest absolute Gasteiger partial charge is 0.0525 e. The van der Waals surface area contributed by atoms with Crippen LogP contribution in [-0.2, 0) is 0 Å². The topological polar surface area (TPSA) is 20.2 Å². The highest BCUT2D eigenvalue weighted by molar-refractivity contribution is 8.03. The molecule has 1 N–H and O–H groups in total. The van der Waals surface area contributed by atoms with E-state index in [1.54, 1.807) is 11.8 Å². The third-order valence-electron chi connectivity index (χ3n) is 1.85. The Morgan fingerprint density at radius 1 is 1.55 bits per heavy atom. The summed E-state index contributed by atoms with van der Waals surface area (Å²) in [6, 6.07) is 0. The second-order valence-corrected chi connectivity index (χ2v) is 3.89. The van der Waals surface area contributed by atoms with E-state index in [2.05, 4.69) is 13.5 Å². The molecular weight excluding hydrogens is 156 g/mol. The van der Waals surface area contributed by atoms with Crippen LogP contribution in [0.25, 0.3) is 0 Å². The summed E-state index contributed by atoms with van der Waals surface area (Å²) in [7, 11) is 0. The zero-order chi connectivity index (χ0) is 8.27. The quantitative estimate of drug-likeness (QED) is 0.701. The maximum atomic E-state index is 8.63. The first-order chi connectivity index (χ1) is 5.25. The molecule has 0 aromatic heterocycles. The predicted molar refractivity (Wildman–Crippen MR) is 50.6 cm³/mol. The fraction of sp³-hybridized carbons (Fsp3) is 0.556. The molecular formula is C9H14OS. The molecule has 0 spiro atoms. The van der Waals surface area contributed by atoms with Crippen molar-refractivity contribution in [2.75, 3.05) is 12.4 Å². The van der Waals surface area contributed by atoms with Gasteiger partial charge in [-0.3, -0.25) is 0 Å². The van der Waals surface area contributed by atoms with Crippen LogP contribution in [0.1, 0.15) is 19.8 Å². The molecule has 0 atom stereocenters. The normalized spacial score (nSPS) is 18.2. The van der Waals surface area contributed by atoms with Gasteiger partial charge in [-0.05, 0) is 25.3 Å². The SMILES string of the molecule is C=C1CCC(C)=C1SCCO. The first-order valence-electron chi connectivity index (χ1n) is 3.87. The van der Waals surface area contributed by atoms with Gasteiger partial charge in [0.15, 0.2) is 0 Å². The van der Waals surface area contributed by atoms with Gasteiger partial charge in [-0.1, -0.05) is 12.2 Å². The number of thioether (sulfide) groups is 1. The lowest BCUT2D eigenvalue weighted by Gasteiger charge is -2.02. The average Bonchev–Trinajstić information content (AvgIpc) is 2.29. The van der Waals surface area contributed by atoms with Crippen molar-refractivity contribution < 1.29 is 5.11 Å². The van der Waals surface area contributed by atoms with Crippen molar-refractivity contribution in [3.63, 3.8) is 0 Å². The number of allylic oxidation sites excluding steroid dienone is 2. The molecule has 1 nitrogen and oxygen atoms in total. The first-order valence-corrected chi connectivity index (χ1v) is 4.86. The lowest BCUT2D eigenvalue weighted by Crippen LogP contribution is -1.87. The molecule has 0 saturated carbocycles. The Kier molecular flexibility index (Phi) is 3.21. The minimum atomic E-state index is 0.259. The van der Waals surface area contributed by atoms with Crippen LogP contribution in [0.15, 0.2) is 22.6 Å². The molecule has 0 aromatic carbocycles. The average molecular weight is 170 g/mol. The second kappa shape index (κ2) is 3.98. The zero-order valence-electron chi connectivity index (χ0n) is 6.89. The van der Waals surface area contributed by atoms with E-state index in [1.807, 2.05) is 0 Å². The van der Waals surface area contributed by atoms with Crippen molar-refractivity contribution in [3.05, 3.63) is 22.6 Å². The Bertz CT molecular complexity index is 194. The first kappa shape index (κ1) is 8.88. The van der Waals surface area contributed by atoms with Crippen molar-refractivity contribution in [3.8, 4) is 0 Å². The van der Waals surface area contributed by atoms with Gasteiger partial charge in [0.2, 0.25) is 0 Å². The lowest BCUT2D eigenvalue weighted by molar-refractivity contribution is 0.322. The minimum Gasteiger partial charge on any atom is -0.396 e. The second-order valence-electron chi connectivity index (χ2n) is 2.79. The van der Waals surface area contributed by atoms with Gasteiger partial charge >= 0.3 is 0 Å². The summed E-state index contributed by atoms with van der Waals surface area (Å²) in [6.07, 6.45) is 2.27. The largest absolute Gasteiger partial charge is 0.396 e.